The summed E-state index contributed by atoms with van der Waals surface area (Å²) in [6.07, 6.45) is 0.656. The Bertz CT molecular complexity index is 692. The van der Waals surface area contributed by atoms with Gasteiger partial charge in [-0.25, -0.2) is 0 Å². The maximum absolute atomic E-state index is 6.45. The molecule has 2 rings (SSSR count). The number of rotatable bonds is 8. The lowest BCUT2D eigenvalue weighted by atomic mass is 10.0. The summed E-state index contributed by atoms with van der Waals surface area (Å²) in [5.41, 5.74) is 3.02. The fourth-order valence-electron chi connectivity index (χ4n) is 2.28. The topological polar surface area (TPSA) is 27.7 Å². The maximum Gasteiger partial charge on any atom is 0.146 e. The molecule has 0 unspecified atom stereocenters. The second-order valence-electron chi connectivity index (χ2n) is 5.15. The highest BCUT2D eigenvalue weighted by molar-refractivity contribution is 9.10. The van der Waals surface area contributed by atoms with E-state index in [2.05, 4.69) is 15.9 Å². The minimum atomic E-state index is 0.244. The number of ether oxygens (including phenoxy) is 3. The standard InChI is InChI=1S/C18H19BrCl2O3/c1-3-24-18-9-15(20)5-4-12(18)6-13-7-16(19)14(8-17(13)21)10-23-11-22-2/h4-5,7-9H,3,6,10-11H2,1-2H3. The van der Waals surface area contributed by atoms with Crippen LogP contribution in [0.15, 0.2) is 34.8 Å². The minimum Gasteiger partial charge on any atom is -0.494 e. The van der Waals surface area contributed by atoms with E-state index in [1.165, 1.54) is 0 Å². The highest BCUT2D eigenvalue weighted by Crippen LogP contribution is 2.31. The maximum atomic E-state index is 6.45. The summed E-state index contributed by atoms with van der Waals surface area (Å²) in [6.45, 7) is 3.21. The third-order valence-corrected chi connectivity index (χ3v) is 4.71. The molecule has 0 aliphatic carbocycles. The Morgan fingerprint density at radius 1 is 1.04 bits per heavy atom. The van der Waals surface area contributed by atoms with Crippen molar-refractivity contribution in [3.63, 3.8) is 0 Å². The predicted octanol–water partition coefficient (Wildman–Crippen LogP) is 5.87. The molecule has 6 heteroatoms. The van der Waals surface area contributed by atoms with Crippen LogP contribution in [-0.2, 0) is 22.5 Å². The summed E-state index contributed by atoms with van der Waals surface area (Å²) in [5, 5.41) is 1.34. The monoisotopic (exact) mass is 432 g/mol. The third-order valence-electron chi connectivity index (χ3n) is 3.38. The molecule has 0 atom stereocenters. The molecule has 2 aromatic rings. The Hall–Kier alpha value is -0.780. The van der Waals surface area contributed by atoms with Gasteiger partial charge in [0.15, 0.2) is 0 Å². The number of halogens is 3. The van der Waals surface area contributed by atoms with Crippen molar-refractivity contribution >= 4 is 39.1 Å². The highest BCUT2D eigenvalue weighted by Gasteiger charge is 2.11. The molecule has 0 bridgehead atoms. The molecule has 0 amide bonds. The highest BCUT2D eigenvalue weighted by atomic mass is 79.9. The van der Waals surface area contributed by atoms with E-state index in [-0.39, 0.29) is 6.79 Å². The van der Waals surface area contributed by atoms with Crippen molar-refractivity contribution < 1.29 is 14.2 Å². The molecule has 2 aromatic carbocycles. The van der Waals surface area contributed by atoms with Crippen molar-refractivity contribution in [3.05, 3.63) is 61.5 Å². The quantitative estimate of drug-likeness (QED) is 0.385. The van der Waals surface area contributed by atoms with E-state index in [1.807, 2.05) is 37.3 Å². The second kappa shape index (κ2) is 9.64. The van der Waals surface area contributed by atoms with Gasteiger partial charge >= 0.3 is 0 Å². The Kier molecular flexibility index (Phi) is 7.85. The molecule has 0 saturated heterocycles. The van der Waals surface area contributed by atoms with Crippen LogP contribution < -0.4 is 4.74 Å². The molecule has 0 heterocycles. The van der Waals surface area contributed by atoms with Crippen LogP contribution in [0.1, 0.15) is 23.6 Å². The van der Waals surface area contributed by atoms with E-state index in [4.69, 9.17) is 37.4 Å². The van der Waals surface area contributed by atoms with Gasteiger partial charge in [0.05, 0.1) is 13.2 Å². The molecule has 0 fully saturated rings. The van der Waals surface area contributed by atoms with Gasteiger partial charge in [0, 0.05) is 28.0 Å². The van der Waals surface area contributed by atoms with Gasteiger partial charge in [-0.05, 0) is 47.9 Å². The van der Waals surface area contributed by atoms with Crippen molar-refractivity contribution in [1.82, 2.24) is 0 Å². The zero-order chi connectivity index (χ0) is 17.5. The smallest absolute Gasteiger partial charge is 0.146 e. The number of hydrogen-bond donors (Lipinski definition) is 0. The zero-order valence-electron chi connectivity index (χ0n) is 13.6. The van der Waals surface area contributed by atoms with E-state index >= 15 is 0 Å². The van der Waals surface area contributed by atoms with Crippen molar-refractivity contribution in [2.24, 2.45) is 0 Å². The van der Waals surface area contributed by atoms with Crippen molar-refractivity contribution in [3.8, 4) is 5.75 Å². The third kappa shape index (κ3) is 5.36. The van der Waals surface area contributed by atoms with Crippen LogP contribution in [-0.4, -0.2) is 20.5 Å². The predicted molar refractivity (Wildman–Crippen MR) is 101 cm³/mol. The summed E-state index contributed by atoms with van der Waals surface area (Å²) in [7, 11) is 1.59. The molecule has 24 heavy (non-hydrogen) atoms. The van der Waals surface area contributed by atoms with Crippen LogP contribution >= 0.6 is 39.1 Å². The van der Waals surface area contributed by atoms with Crippen molar-refractivity contribution in [1.29, 1.82) is 0 Å². The van der Waals surface area contributed by atoms with E-state index in [1.54, 1.807) is 7.11 Å². The lowest BCUT2D eigenvalue weighted by Crippen LogP contribution is -2.01. The van der Waals surface area contributed by atoms with Gasteiger partial charge in [-0.2, -0.15) is 0 Å². The Morgan fingerprint density at radius 2 is 1.83 bits per heavy atom. The largest absolute Gasteiger partial charge is 0.494 e. The first kappa shape index (κ1) is 19.5. The van der Waals surface area contributed by atoms with E-state index in [0.29, 0.717) is 29.7 Å². The molecular formula is C18H19BrCl2O3. The molecule has 0 aliphatic rings. The van der Waals surface area contributed by atoms with Crippen LogP contribution in [0.4, 0.5) is 0 Å². The summed E-state index contributed by atoms with van der Waals surface area (Å²) in [4.78, 5) is 0. The van der Waals surface area contributed by atoms with E-state index < -0.39 is 0 Å². The van der Waals surface area contributed by atoms with Gasteiger partial charge in [0.1, 0.15) is 12.5 Å². The molecule has 3 nitrogen and oxygen atoms in total. The van der Waals surface area contributed by atoms with Crippen LogP contribution in [0.2, 0.25) is 10.0 Å². The summed E-state index contributed by atoms with van der Waals surface area (Å²) in [6, 6.07) is 9.57. The summed E-state index contributed by atoms with van der Waals surface area (Å²) < 4.78 is 16.9. The van der Waals surface area contributed by atoms with Crippen LogP contribution in [0.25, 0.3) is 0 Å². The van der Waals surface area contributed by atoms with Crippen molar-refractivity contribution in [2.45, 2.75) is 20.0 Å². The number of benzene rings is 2. The lowest BCUT2D eigenvalue weighted by molar-refractivity contribution is -0.0392. The fourth-order valence-corrected chi connectivity index (χ4v) is 3.20. The second-order valence-corrected chi connectivity index (χ2v) is 6.85. The van der Waals surface area contributed by atoms with Gasteiger partial charge < -0.3 is 14.2 Å². The van der Waals surface area contributed by atoms with Gasteiger partial charge in [-0.15, -0.1) is 0 Å². The van der Waals surface area contributed by atoms with Gasteiger partial charge in [0.2, 0.25) is 0 Å². The molecule has 130 valence electrons. The Balaban J connectivity index is 2.22. The van der Waals surface area contributed by atoms with Gasteiger partial charge in [0.25, 0.3) is 0 Å². The summed E-state index contributed by atoms with van der Waals surface area (Å²) in [5.74, 6) is 0.782. The average molecular weight is 434 g/mol. The zero-order valence-corrected chi connectivity index (χ0v) is 16.7. The first-order valence-corrected chi connectivity index (χ1v) is 9.04. The Labute approximate surface area is 160 Å². The summed E-state index contributed by atoms with van der Waals surface area (Å²) >= 11 is 16.1. The molecule has 0 radical (unpaired) electrons. The van der Waals surface area contributed by atoms with E-state index in [0.717, 1.165) is 26.9 Å². The number of methoxy groups -OCH3 is 1. The first-order valence-electron chi connectivity index (χ1n) is 7.49. The van der Waals surface area contributed by atoms with Crippen molar-refractivity contribution in [2.75, 3.05) is 20.5 Å². The normalized spacial score (nSPS) is 10.9. The molecule has 0 N–H and O–H groups in total. The molecule has 0 saturated carbocycles. The van der Waals surface area contributed by atoms with Gasteiger partial charge in [-0.3, -0.25) is 0 Å². The molecular weight excluding hydrogens is 415 g/mol. The van der Waals surface area contributed by atoms with Crippen LogP contribution in [0.5, 0.6) is 5.75 Å². The van der Waals surface area contributed by atoms with Gasteiger partial charge in [-0.1, -0.05) is 45.2 Å². The Morgan fingerprint density at radius 3 is 2.54 bits per heavy atom. The first-order chi connectivity index (χ1) is 11.5. The van der Waals surface area contributed by atoms with Crippen LogP contribution in [0, 0.1) is 0 Å². The molecule has 0 spiro atoms. The molecule has 0 aliphatic heterocycles. The molecule has 0 aromatic heterocycles. The minimum absolute atomic E-state index is 0.244. The SMILES string of the molecule is CCOc1cc(Cl)ccc1Cc1cc(Br)c(COCOC)cc1Cl. The van der Waals surface area contributed by atoms with E-state index in [9.17, 15) is 0 Å². The fraction of sp³-hybridized carbons (Fsp3) is 0.333. The lowest BCUT2D eigenvalue weighted by Gasteiger charge is -2.14. The average Bonchev–Trinajstić information content (AvgIpc) is 2.54. The number of hydrogen-bond acceptors (Lipinski definition) is 3. The van der Waals surface area contributed by atoms with Crippen LogP contribution in [0.3, 0.4) is 0 Å².